The summed E-state index contributed by atoms with van der Waals surface area (Å²) < 4.78 is 0. The Labute approximate surface area is 166 Å². The van der Waals surface area contributed by atoms with E-state index in [1.54, 1.807) is 0 Å². The molecule has 0 atom stereocenters. The van der Waals surface area contributed by atoms with Crippen LogP contribution in [0.1, 0.15) is 38.8 Å². The first kappa shape index (κ1) is 18.5. The zero-order valence-corrected chi connectivity index (χ0v) is 16.8. The molecule has 4 heteroatoms. The fourth-order valence-corrected chi connectivity index (χ4v) is 4.59. The number of hydroxylamine groups is 2. The van der Waals surface area contributed by atoms with E-state index in [4.69, 9.17) is 11.5 Å². The summed E-state index contributed by atoms with van der Waals surface area (Å²) in [5, 5.41) is 12.6. The fourth-order valence-electron chi connectivity index (χ4n) is 4.59. The van der Waals surface area contributed by atoms with E-state index >= 15 is 0 Å². The van der Waals surface area contributed by atoms with Crippen LogP contribution in [0.5, 0.6) is 0 Å². The Balaban J connectivity index is 2.05. The van der Waals surface area contributed by atoms with E-state index in [9.17, 15) is 5.21 Å². The molecule has 4 rings (SSSR count). The minimum absolute atomic E-state index is 0.542. The van der Waals surface area contributed by atoms with Crippen LogP contribution in [-0.2, 0) is 11.1 Å². The van der Waals surface area contributed by atoms with Crippen molar-refractivity contribution in [3.8, 4) is 22.3 Å². The molecule has 0 aliphatic carbocycles. The molecule has 0 fully saturated rings. The van der Waals surface area contributed by atoms with E-state index in [1.165, 1.54) is 5.06 Å². The Hall–Kier alpha value is -2.82. The normalized spacial score (nSPS) is 17.5. The molecular formula is C24H27N3O. The minimum Gasteiger partial charge on any atom is -0.399 e. The maximum atomic E-state index is 11.1. The third kappa shape index (κ3) is 2.60. The third-order valence-electron chi connectivity index (χ3n) is 5.93. The van der Waals surface area contributed by atoms with Gasteiger partial charge in [0.15, 0.2) is 0 Å². The molecule has 0 saturated heterocycles. The van der Waals surface area contributed by atoms with Crippen molar-refractivity contribution in [3.05, 3.63) is 71.8 Å². The molecule has 5 N–H and O–H groups in total. The number of hydrogen-bond acceptors (Lipinski definition) is 4. The SMILES string of the molecule is CC1(C)c2c(-c3ccc(N)cc3)ccc(-c3ccc(N)cc3)c2C(C)(C)N1O. The van der Waals surface area contributed by atoms with Crippen molar-refractivity contribution in [1.82, 2.24) is 5.06 Å². The predicted octanol–water partition coefficient (Wildman–Crippen LogP) is 5.36. The molecule has 1 aliphatic rings. The summed E-state index contributed by atoms with van der Waals surface area (Å²) in [6.07, 6.45) is 0. The van der Waals surface area contributed by atoms with Gasteiger partial charge in [0.2, 0.25) is 0 Å². The predicted molar refractivity (Wildman–Crippen MR) is 116 cm³/mol. The van der Waals surface area contributed by atoms with Crippen molar-refractivity contribution in [1.29, 1.82) is 0 Å². The largest absolute Gasteiger partial charge is 0.399 e. The second-order valence-electron chi connectivity index (χ2n) is 8.58. The standard InChI is InChI=1S/C24H27N3O/c1-23(2)21-19(15-5-9-17(25)10-6-15)13-14-20(16-7-11-18(26)12-8-16)22(21)24(3,4)27(23)28/h5-14,28H,25-26H2,1-4H3. The van der Waals surface area contributed by atoms with E-state index in [1.807, 2.05) is 48.5 Å². The van der Waals surface area contributed by atoms with E-state index < -0.39 is 11.1 Å². The summed E-state index contributed by atoms with van der Waals surface area (Å²) >= 11 is 0. The van der Waals surface area contributed by atoms with Gasteiger partial charge in [-0.15, -0.1) is 0 Å². The summed E-state index contributed by atoms with van der Waals surface area (Å²) in [6, 6.07) is 20.1. The number of nitrogens with two attached hydrogens (primary N) is 2. The maximum absolute atomic E-state index is 11.1. The molecule has 4 nitrogen and oxygen atoms in total. The van der Waals surface area contributed by atoms with Crippen LogP contribution in [0.25, 0.3) is 22.3 Å². The summed E-state index contributed by atoms with van der Waals surface area (Å²) in [7, 11) is 0. The highest BCUT2D eigenvalue weighted by Crippen LogP contribution is 2.54. The number of hydrogen-bond donors (Lipinski definition) is 3. The van der Waals surface area contributed by atoms with Gasteiger partial charge < -0.3 is 16.7 Å². The van der Waals surface area contributed by atoms with Gasteiger partial charge in [-0.05, 0) is 85.3 Å². The number of benzene rings is 3. The van der Waals surface area contributed by atoms with Crippen LogP contribution in [0, 0.1) is 0 Å². The van der Waals surface area contributed by atoms with Crippen molar-refractivity contribution in [2.75, 3.05) is 11.5 Å². The Kier molecular flexibility index (Phi) is 4.03. The first-order valence-electron chi connectivity index (χ1n) is 9.53. The Morgan fingerprint density at radius 2 is 0.929 bits per heavy atom. The molecular weight excluding hydrogens is 346 g/mol. The van der Waals surface area contributed by atoms with Crippen LogP contribution in [0.2, 0.25) is 0 Å². The zero-order valence-electron chi connectivity index (χ0n) is 16.8. The zero-order chi connectivity index (χ0) is 20.3. The summed E-state index contributed by atoms with van der Waals surface area (Å²) in [5.41, 5.74) is 18.9. The van der Waals surface area contributed by atoms with Gasteiger partial charge in [0.1, 0.15) is 0 Å². The Morgan fingerprint density at radius 1 is 0.607 bits per heavy atom. The molecule has 1 heterocycles. The van der Waals surface area contributed by atoms with Crippen molar-refractivity contribution in [3.63, 3.8) is 0 Å². The van der Waals surface area contributed by atoms with Crippen molar-refractivity contribution in [2.24, 2.45) is 0 Å². The van der Waals surface area contributed by atoms with Gasteiger partial charge in [-0.2, -0.15) is 5.06 Å². The molecule has 0 saturated carbocycles. The molecule has 0 unspecified atom stereocenters. The van der Waals surface area contributed by atoms with Gasteiger partial charge in [0.25, 0.3) is 0 Å². The first-order chi connectivity index (χ1) is 13.1. The van der Waals surface area contributed by atoms with Crippen LogP contribution < -0.4 is 11.5 Å². The molecule has 0 spiro atoms. The second kappa shape index (κ2) is 6.09. The summed E-state index contributed by atoms with van der Waals surface area (Å²) in [6.45, 7) is 8.25. The van der Waals surface area contributed by atoms with E-state index in [-0.39, 0.29) is 0 Å². The second-order valence-corrected chi connectivity index (χ2v) is 8.58. The Morgan fingerprint density at radius 3 is 1.25 bits per heavy atom. The van der Waals surface area contributed by atoms with Crippen molar-refractivity contribution < 1.29 is 5.21 Å². The summed E-state index contributed by atoms with van der Waals surface area (Å²) in [4.78, 5) is 0. The highest BCUT2D eigenvalue weighted by atomic mass is 16.5. The molecule has 1 aliphatic heterocycles. The smallest absolute Gasteiger partial charge is 0.0672 e. The summed E-state index contributed by atoms with van der Waals surface area (Å²) in [5.74, 6) is 0. The third-order valence-corrected chi connectivity index (χ3v) is 5.93. The van der Waals surface area contributed by atoms with Gasteiger partial charge in [0.05, 0.1) is 11.1 Å². The topological polar surface area (TPSA) is 75.5 Å². The van der Waals surface area contributed by atoms with E-state index in [2.05, 4.69) is 39.8 Å². The van der Waals surface area contributed by atoms with Gasteiger partial charge in [0, 0.05) is 11.4 Å². The quantitative estimate of drug-likeness (QED) is 0.529. The van der Waals surface area contributed by atoms with Crippen LogP contribution in [-0.4, -0.2) is 10.3 Å². The number of nitrogen functional groups attached to an aromatic ring is 2. The maximum Gasteiger partial charge on any atom is 0.0672 e. The molecule has 0 bridgehead atoms. The van der Waals surface area contributed by atoms with Crippen LogP contribution in [0.3, 0.4) is 0 Å². The van der Waals surface area contributed by atoms with Crippen LogP contribution in [0.15, 0.2) is 60.7 Å². The number of fused-ring (bicyclic) bond motifs is 1. The molecule has 3 aromatic rings. The van der Waals surface area contributed by atoms with Crippen molar-refractivity contribution in [2.45, 2.75) is 38.8 Å². The molecule has 3 aromatic carbocycles. The van der Waals surface area contributed by atoms with E-state index in [0.717, 1.165) is 44.8 Å². The van der Waals surface area contributed by atoms with Crippen LogP contribution >= 0.6 is 0 Å². The average Bonchev–Trinajstić information content (AvgIpc) is 2.81. The minimum atomic E-state index is -0.542. The Bertz CT molecular complexity index is 950. The highest BCUT2D eigenvalue weighted by Gasteiger charge is 2.51. The lowest BCUT2D eigenvalue weighted by atomic mass is 9.80. The molecule has 0 aromatic heterocycles. The first-order valence-corrected chi connectivity index (χ1v) is 9.53. The van der Waals surface area contributed by atoms with Gasteiger partial charge in [-0.3, -0.25) is 0 Å². The number of anilines is 2. The lowest BCUT2D eigenvalue weighted by Gasteiger charge is -2.35. The number of nitrogens with zero attached hydrogens (tertiary/aromatic N) is 1. The van der Waals surface area contributed by atoms with Gasteiger partial charge in [-0.1, -0.05) is 36.4 Å². The van der Waals surface area contributed by atoms with E-state index in [0.29, 0.717) is 0 Å². The molecule has 28 heavy (non-hydrogen) atoms. The van der Waals surface area contributed by atoms with Crippen LogP contribution in [0.4, 0.5) is 11.4 Å². The lowest BCUT2D eigenvalue weighted by molar-refractivity contribution is -0.216. The fraction of sp³-hybridized carbons (Fsp3) is 0.250. The highest BCUT2D eigenvalue weighted by molar-refractivity contribution is 5.81. The molecule has 144 valence electrons. The van der Waals surface area contributed by atoms with Gasteiger partial charge in [-0.25, -0.2) is 0 Å². The van der Waals surface area contributed by atoms with Crippen molar-refractivity contribution >= 4 is 11.4 Å². The lowest BCUT2D eigenvalue weighted by Crippen LogP contribution is -2.42. The molecule has 0 amide bonds. The average molecular weight is 374 g/mol. The number of rotatable bonds is 2. The molecule has 0 radical (unpaired) electrons. The monoisotopic (exact) mass is 373 g/mol. The van der Waals surface area contributed by atoms with Gasteiger partial charge >= 0.3 is 0 Å².